The highest BCUT2D eigenvalue weighted by atomic mass is 16.7. The highest BCUT2D eigenvalue weighted by molar-refractivity contribution is 6.62. The number of esters is 1. The van der Waals surface area contributed by atoms with Crippen molar-refractivity contribution in [2.75, 3.05) is 25.6 Å². The van der Waals surface area contributed by atoms with Crippen molar-refractivity contribution in [2.24, 2.45) is 0 Å². The molecule has 9 heteroatoms. The SMILES string of the molecule is CCOC(=O)c1cnn([C@H]2CCOC2)c1-c1ccc(B2OC(C)(C)C(C)(C)O2)cc1N. The third-order valence-electron chi connectivity index (χ3n) is 6.40. The number of carbonyl (C=O) groups is 1. The Bertz CT molecular complexity index is 966. The fourth-order valence-corrected chi connectivity index (χ4v) is 3.90. The molecule has 2 aliphatic heterocycles. The third-order valence-corrected chi connectivity index (χ3v) is 6.40. The summed E-state index contributed by atoms with van der Waals surface area (Å²) in [5.74, 6) is -0.419. The first kappa shape index (κ1) is 21.9. The zero-order valence-corrected chi connectivity index (χ0v) is 18.8. The van der Waals surface area contributed by atoms with Gasteiger partial charge in [-0.05, 0) is 52.6 Å². The van der Waals surface area contributed by atoms with Crippen LogP contribution in [0.2, 0.25) is 0 Å². The highest BCUT2D eigenvalue weighted by Crippen LogP contribution is 2.38. The summed E-state index contributed by atoms with van der Waals surface area (Å²) in [4.78, 5) is 12.6. The van der Waals surface area contributed by atoms with E-state index < -0.39 is 24.3 Å². The number of rotatable bonds is 5. The van der Waals surface area contributed by atoms with Gasteiger partial charge in [-0.3, -0.25) is 4.68 Å². The first-order valence-electron chi connectivity index (χ1n) is 10.7. The van der Waals surface area contributed by atoms with Gasteiger partial charge in [-0.2, -0.15) is 5.10 Å². The maximum absolute atomic E-state index is 12.6. The fourth-order valence-electron chi connectivity index (χ4n) is 3.90. The molecular formula is C22H30BN3O5. The molecule has 2 aliphatic rings. The van der Waals surface area contributed by atoms with Crippen LogP contribution in [-0.4, -0.2) is 53.9 Å². The van der Waals surface area contributed by atoms with E-state index in [1.807, 2.05) is 50.6 Å². The maximum Gasteiger partial charge on any atom is 0.494 e. The highest BCUT2D eigenvalue weighted by Gasteiger charge is 2.51. The molecule has 1 atom stereocenters. The Kier molecular flexibility index (Phi) is 5.62. The number of anilines is 1. The molecule has 0 unspecified atom stereocenters. The molecule has 0 aliphatic carbocycles. The van der Waals surface area contributed by atoms with Gasteiger partial charge >= 0.3 is 13.1 Å². The van der Waals surface area contributed by atoms with E-state index in [0.717, 1.165) is 11.9 Å². The molecule has 0 radical (unpaired) electrons. The second kappa shape index (κ2) is 7.96. The quantitative estimate of drug-likeness (QED) is 0.445. The average molecular weight is 427 g/mol. The molecule has 31 heavy (non-hydrogen) atoms. The summed E-state index contributed by atoms with van der Waals surface area (Å²) >= 11 is 0. The van der Waals surface area contributed by atoms with Crippen molar-refractivity contribution < 1.29 is 23.6 Å². The summed E-state index contributed by atoms with van der Waals surface area (Å²) in [5.41, 5.74) is 8.70. The van der Waals surface area contributed by atoms with Crippen molar-refractivity contribution in [3.63, 3.8) is 0 Å². The molecule has 2 saturated heterocycles. The Morgan fingerprint density at radius 3 is 2.58 bits per heavy atom. The van der Waals surface area contributed by atoms with Crippen LogP contribution < -0.4 is 11.2 Å². The number of aromatic nitrogens is 2. The van der Waals surface area contributed by atoms with Gasteiger partial charge in [0.25, 0.3) is 0 Å². The molecule has 0 spiro atoms. The first-order chi connectivity index (χ1) is 14.6. The lowest BCUT2D eigenvalue weighted by atomic mass is 9.78. The molecule has 0 saturated carbocycles. The van der Waals surface area contributed by atoms with Crippen LogP contribution in [0, 0.1) is 0 Å². The second-order valence-electron chi connectivity index (χ2n) is 9.02. The molecule has 166 valence electrons. The fraction of sp³-hybridized carbons (Fsp3) is 0.545. The zero-order chi connectivity index (χ0) is 22.4. The van der Waals surface area contributed by atoms with Gasteiger partial charge in [0.1, 0.15) is 5.56 Å². The smallest absolute Gasteiger partial charge is 0.462 e. The zero-order valence-electron chi connectivity index (χ0n) is 18.8. The molecule has 8 nitrogen and oxygen atoms in total. The molecule has 2 fully saturated rings. The lowest BCUT2D eigenvalue weighted by molar-refractivity contribution is 0.00578. The number of hydrogen-bond donors (Lipinski definition) is 1. The average Bonchev–Trinajstić information content (AvgIpc) is 3.40. The van der Waals surface area contributed by atoms with Crippen molar-refractivity contribution in [3.05, 3.63) is 30.0 Å². The standard InChI is InChI=1S/C22H30BN3O5/c1-6-29-20(27)17-12-25-26(15-9-10-28-13-15)19(17)16-8-7-14(11-18(16)24)23-30-21(2,3)22(4,5)31-23/h7-8,11-12,15H,6,9-10,13,24H2,1-5H3/t15-/m0/s1. The number of hydrogen-bond acceptors (Lipinski definition) is 7. The van der Waals surface area contributed by atoms with E-state index in [2.05, 4.69) is 5.10 Å². The van der Waals surface area contributed by atoms with Crippen LogP contribution >= 0.6 is 0 Å². The number of benzene rings is 1. The molecule has 0 amide bonds. The second-order valence-corrected chi connectivity index (χ2v) is 9.02. The summed E-state index contributed by atoms with van der Waals surface area (Å²) < 4.78 is 24.9. The lowest BCUT2D eigenvalue weighted by Crippen LogP contribution is -2.41. The lowest BCUT2D eigenvalue weighted by Gasteiger charge is -2.32. The molecule has 1 aromatic heterocycles. The first-order valence-corrected chi connectivity index (χ1v) is 10.7. The molecule has 0 bridgehead atoms. The Hall–Kier alpha value is -2.36. The summed E-state index contributed by atoms with van der Waals surface area (Å²) in [5, 5.41) is 4.49. The number of carbonyl (C=O) groups excluding carboxylic acids is 1. The van der Waals surface area contributed by atoms with Crippen LogP contribution in [0.1, 0.15) is 57.4 Å². The Morgan fingerprint density at radius 1 is 1.29 bits per heavy atom. The van der Waals surface area contributed by atoms with E-state index in [0.29, 0.717) is 35.7 Å². The largest absolute Gasteiger partial charge is 0.494 e. The monoisotopic (exact) mass is 427 g/mol. The molecular weight excluding hydrogens is 397 g/mol. The van der Waals surface area contributed by atoms with Crippen molar-refractivity contribution in [1.29, 1.82) is 0 Å². The summed E-state index contributed by atoms with van der Waals surface area (Å²) in [6.07, 6.45) is 2.37. The van der Waals surface area contributed by atoms with Gasteiger partial charge in [-0.25, -0.2) is 4.79 Å². The Balaban J connectivity index is 1.73. The van der Waals surface area contributed by atoms with Gasteiger partial charge in [0.2, 0.25) is 0 Å². The normalized spacial score (nSPS) is 22.1. The topological polar surface area (TPSA) is 97.8 Å². The van der Waals surface area contributed by atoms with Crippen molar-refractivity contribution in [2.45, 2.75) is 58.3 Å². The number of nitrogens with zero attached hydrogens (tertiary/aromatic N) is 2. The van der Waals surface area contributed by atoms with Gasteiger partial charge in [0.05, 0.1) is 42.3 Å². The summed E-state index contributed by atoms with van der Waals surface area (Å²) in [6, 6.07) is 5.70. The van der Waals surface area contributed by atoms with Crippen molar-refractivity contribution >= 4 is 24.2 Å². The van der Waals surface area contributed by atoms with Crippen molar-refractivity contribution in [1.82, 2.24) is 9.78 Å². The molecule has 3 heterocycles. The van der Waals surface area contributed by atoms with Gasteiger partial charge in [-0.15, -0.1) is 0 Å². The number of nitrogens with two attached hydrogens (primary N) is 1. The Labute approximate surface area is 183 Å². The van der Waals surface area contributed by atoms with Gasteiger partial charge < -0.3 is 24.5 Å². The van der Waals surface area contributed by atoms with E-state index in [1.54, 1.807) is 13.1 Å². The van der Waals surface area contributed by atoms with E-state index in [1.165, 1.54) is 0 Å². The van der Waals surface area contributed by atoms with Gasteiger partial charge in [0.15, 0.2) is 0 Å². The molecule has 1 aromatic carbocycles. The van der Waals surface area contributed by atoms with Crippen LogP contribution in [0.15, 0.2) is 24.4 Å². The van der Waals surface area contributed by atoms with Crippen molar-refractivity contribution in [3.8, 4) is 11.3 Å². The predicted molar refractivity (Wildman–Crippen MR) is 118 cm³/mol. The number of nitrogen functional groups attached to an aromatic ring is 1. The van der Waals surface area contributed by atoms with Crippen LogP contribution in [0.3, 0.4) is 0 Å². The summed E-state index contributed by atoms with van der Waals surface area (Å²) in [6.45, 7) is 11.3. The molecule has 2 aromatic rings. The minimum absolute atomic E-state index is 0.0420. The van der Waals surface area contributed by atoms with Gasteiger partial charge in [-0.1, -0.05) is 12.1 Å². The summed E-state index contributed by atoms with van der Waals surface area (Å²) in [7, 11) is -0.515. The van der Waals surface area contributed by atoms with Crippen LogP contribution in [0.5, 0.6) is 0 Å². The van der Waals surface area contributed by atoms with E-state index in [-0.39, 0.29) is 12.6 Å². The third kappa shape index (κ3) is 3.86. The van der Waals surface area contributed by atoms with Crippen LogP contribution in [0.4, 0.5) is 5.69 Å². The van der Waals surface area contributed by atoms with E-state index in [4.69, 9.17) is 24.5 Å². The van der Waals surface area contributed by atoms with E-state index >= 15 is 0 Å². The van der Waals surface area contributed by atoms with E-state index in [9.17, 15) is 4.79 Å². The maximum atomic E-state index is 12.6. The number of ether oxygens (including phenoxy) is 2. The van der Waals surface area contributed by atoms with Gasteiger partial charge in [0, 0.05) is 17.9 Å². The molecule has 2 N–H and O–H groups in total. The minimum Gasteiger partial charge on any atom is -0.462 e. The van der Waals surface area contributed by atoms with Crippen LogP contribution in [0.25, 0.3) is 11.3 Å². The Morgan fingerprint density at radius 2 is 2.00 bits per heavy atom. The molecule has 4 rings (SSSR count). The van der Waals surface area contributed by atoms with Crippen LogP contribution in [-0.2, 0) is 18.8 Å². The predicted octanol–water partition coefficient (Wildman–Crippen LogP) is 2.57. The minimum atomic E-state index is -0.515.